The molecule has 0 aliphatic heterocycles. The highest BCUT2D eigenvalue weighted by Gasteiger charge is 2.56. The molecule has 0 radical (unpaired) electrons. The van der Waals surface area contributed by atoms with Gasteiger partial charge in [-0.1, -0.05) is 13.0 Å². The average Bonchev–Trinajstić information content (AvgIpc) is 3.22. The van der Waals surface area contributed by atoms with Gasteiger partial charge in [-0.15, -0.1) is 0 Å². The lowest BCUT2D eigenvalue weighted by molar-refractivity contribution is -0.127. The standard InChI is InChI=1S/C24H28N2O2/c1-24-9-8-20-19-7-5-18(28-3)11-16(19)4-6-21(20)22(24)12-17(23(24)27)10-15-13-25-26(2)14-15/h5,7,10-11,13-14,20-22H,4,6,8-9,12H2,1-3H3/b17-10+/t20-,21-,22-,24-/m0/s1. The molecule has 0 bridgehead atoms. The van der Waals surface area contributed by atoms with E-state index in [2.05, 4.69) is 36.3 Å². The van der Waals surface area contributed by atoms with E-state index >= 15 is 0 Å². The van der Waals surface area contributed by atoms with E-state index in [0.29, 0.717) is 23.5 Å². The number of nitrogens with zero attached hydrogens (tertiary/aromatic N) is 2. The Balaban J connectivity index is 1.48. The minimum atomic E-state index is -0.195. The highest BCUT2D eigenvalue weighted by Crippen LogP contribution is 2.60. The molecule has 0 N–H and O–H groups in total. The molecule has 1 aromatic carbocycles. The van der Waals surface area contributed by atoms with Gasteiger partial charge in [-0.2, -0.15) is 5.10 Å². The molecular weight excluding hydrogens is 348 g/mol. The van der Waals surface area contributed by atoms with Gasteiger partial charge in [0.05, 0.1) is 13.3 Å². The molecule has 28 heavy (non-hydrogen) atoms. The first-order chi connectivity index (χ1) is 13.5. The van der Waals surface area contributed by atoms with Crippen molar-refractivity contribution in [2.75, 3.05) is 7.11 Å². The third kappa shape index (κ3) is 2.57. The van der Waals surface area contributed by atoms with Crippen LogP contribution in [0.4, 0.5) is 0 Å². The number of benzene rings is 1. The molecule has 0 amide bonds. The monoisotopic (exact) mass is 376 g/mol. The Kier molecular flexibility index (Phi) is 4.01. The van der Waals surface area contributed by atoms with E-state index in [9.17, 15) is 4.79 Å². The molecule has 2 fully saturated rings. The molecule has 4 heteroatoms. The van der Waals surface area contributed by atoms with Gasteiger partial charge in [-0.3, -0.25) is 9.48 Å². The number of ketones is 1. The van der Waals surface area contributed by atoms with Gasteiger partial charge in [0.25, 0.3) is 0 Å². The van der Waals surface area contributed by atoms with Gasteiger partial charge in [0, 0.05) is 24.2 Å². The number of carbonyl (C=O) groups is 1. The SMILES string of the molecule is COc1ccc2c(c1)CC[C@H]1[C@H]2CC[C@]2(C)C(=O)/C(=C/c3cnn(C)c3)C[C@@H]12. The number of aromatic nitrogens is 2. The van der Waals surface area contributed by atoms with E-state index in [-0.39, 0.29) is 5.41 Å². The molecule has 4 atom stereocenters. The van der Waals surface area contributed by atoms with E-state index in [1.165, 1.54) is 17.5 Å². The molecule has 3 aliphatic carbocycles. The maximum Gasteiger partial charge on any atom is 0.165 e. The normalized spacial score (nSPS) is 32.8. The molecule has 0 spiro atoms. The van der Waals surface area contributed by atoms with Gasteiger partial charge in [0.1, 0.15) is 5.75 Å². The third-order valence-electron chi connectivity index (χ3n) is 7.64. The van der Waals surface area contributed by atoms with Crippen molar-refractivity contribution in [2.24, 2.45) is 24.3 Å². The van der Waals surface area contributed by atoms with E-state index in [1.807, 2.05) is 19.4 Å². The second-order valence-electron chi connectivity index (χ2n) is 9.09. The first kappa shape index (κ1) is 17.7. The highest BCUT2D eigenvalue weighted by atomic mass is 16.5. The smallest absolute Gasteiger partial charge is 0.165 e. The van der Waals surface area contributed by atoms with Crippen molar-refractivity contribution in [1.82, 2.24) is 9.78 Å². The average molecular weight is 377 g/mol. The lowest BCUT2D eigenvalue weighted by Gasteiger charge is -2.48. The van der Waals surface area contributed by atoms with Crippen LogP contribution in [0.1, 0.15) is 55.2 Å². The van der Waals surface area contributed by atoms with Crippen molar-refractivity contribution in [3.8, 4) is 5.75 Å². The Morgan fingerprint density at radius 2 is 2.18 bits per heavy atom. The first-order valence-electron chi connectivity index (χ1n) is 10.4. The zero-order valence-corrected chi connectivity index (χ0v) is 16.9. The number of aryl methyl sites for hydroxylation is 2. The van der Waals surface area contributed by atoms with E-state index in [0.717, 1.165) is 42.6 Å². The fourth-order valence-electron chi connectivity index (χ4n) is 6.20. The molecule has 0 unspecified atom stereocenters. The van der Waals surface area contributed by atoms with Crippen LogP contribution in [0.3, 0.4) is 0 Å². The van der Waals surface area contributed by atoms with Crippen molar-refractivity contribution < 1.29 is 9.53 Å². The summed E-state index contributed by atoms with van der Waals surface area (Å²) >= 11 is 0. The fraction of sp³-hybridized carbons (Fsp3) is 0.500. The predicted octanol–water partition coefficient (Wildman–Crippen LogP) is 4.55. The summed E-state index contributed by atoms with van der Waals surface area (Å²) in [5.74, 6) is 2.97. The van der Waals surface area contributed by atoms with Gasteiger partial charge in [-0.25, -0.2) is 0 Å². The third-order valence-corrected chi connectivity index (χ3v) is 7.64. The Bertz CT molecular complexity index is 973. The second-order valence-corrected chi connectivity index (χ2v) is 9.09. The van der Waals surface area contributed by atoms with Gasteiger partial charge in [0.2, 0.25) is 0 Å². The van der Waals surface area contributed by atoms with Crippen LogP contribution in [0.15, 0.2) is 36.2 Å². The number of allylic oxidation sites excluding steroid dienone is 1. The summed E-state index contributed by atoms with van der Waals surface area (Å²) in [6.45, 7) is 2.23. The first-order valence-corrected chi connectivity index (χ1v) is 10.4. The molecule has 4 nitrogen and oxygen atoms in total. The number of hydrogen-bond donors (Lipinski definition) is 0. The summed E-state index contributed by atoms with van der Waals surface area (Å²) in [4.78, 5) is 13.4. The Hall–Kier alpha value is -2.36. The molecule has 0 saturated heterocycles. The minimum Gasteiger partial charge on any atom is -0.497 e. The van der Waals surface area contributed by atoms with Crippen LogP contribution in [0.5, 0.6) is 5.75 Å². The van der Waals surface area contributed by atoms with Crippen LogP contribution in [0, 0.1) is 17.3 Å². The van der Waals surface area contributed by atoms with Crippen LogP contribution in [0.2, 0.25) is 0 Å². The number of ether oxygens (including phenoxy) is 1. The quantitative estimate of drug-likeness (QED) is 0.723. The lowest BCUT2D eigenvalue weighted by atomic mass is 9.55. The summed E-state index contributed by atoms with van der Waals surface area (Å²) in [5, 5.41) is 4.25. The summed E-state index contributed by atoms with van der Waals surface area (Å²) in [5.41, 5.74) is 4.78. The van der Waals surface area contributed by atoms with E-state index in [4.69, 9.17) is 4.74 Å². The van der Waals surface area contributed by atoms with Crippen LogP contribution < -0.4 is 4.74 Å². The van der Waals surface area contributed by atoms with Crippen molar-refractivity contribution in [3.63, 3.8) is 0 Å². The zero-order chi connectivity index (χ0) is 19.5. The number of rotatable bonds is 2. The molecule has 146 valence electrons. The predicted molar refractivity (Wildman–Crippen MR) is 109 cm³/mol. The summed E-state index contributed by atoms with van der Waals surface area (Å²) in [7, 11) is 3.65. The molecular formula is C24H28N2O2. The van der Waals surface area contributed by atoms with Crippen LogP contribution in [-0.4, -0.2) is 22.7 Å². The Morgan fingerprint density at radius 1 is 1.32 bits per heavy atom. The topological polar surface area (TPSA) is 44.1 Å². The second kappa shape index (κ2) is 6.33. The van der Waals surface area contributed by atoms with Crippen LogP contribution in [0.25, 0.3) is 6.08 Å². The maximum absolute atomic E-state index is 13.4. The number of carbonyl (C=O) groups excluding carboxylic acids is 1. The molecule has 1 aromatic heterocycles. The van der Waals surface area contributed by atoms with Gasteiger partial charge in [-0.05, 0) is 84.8 Å². The number of methoxy groups -OCH3 is 1. The summed E-state index contributed by atoms with van der Waals surface area (Å²) in [6, 6.07) is 6.59. The molecule has 2 saturated carbocycles. The van der Waals surface area contributed by atoms with Crippen molar-refractivity contribution in [3.05, 3.63) is 52.9 Å². The molecule has 2 aromatic rings. The molecule has 1 heterocycles. The Labute approximate surface area is 166 Å². The largest absolute Gasteiger partial charge is 0.497 e. The number of fused-ring (bicyclic) bond motifs is 5. The van der Waals surface area contributed by atoms with Crippen molar-refractivity contribution in [2.45, 2.75) is 44.9 Å². The fourth-order valence-corrected chi connectivity index (χ4v) is 6.20. The van der Waals surface area contributed by atoms with Crippen molar-refractivity contribution >= 4 is 11.9 Å². The number of hydrogen-bond acceptors (Lipinski definition) is 3. The summed E-state index contributed by atoms with van der Waals surface area (Å²) < 4.78 is 7.22. The van der Waals surface area contributed by atoms with Gasteiger partial charge < -0.3 is 4.74 Å². The molecule has 3 aliphatic rings. The zero-order valence-electron chi connectivity index (χ0n) is 16.9. The Morgan fingerprint density at radius 3 is 2.93 bits per heavy atom. The van der Waals surface area contributed by atoms with Crippen molar-refractivity contribution in [1.29, 1.82) is 0 Å². The van der Waals surface area contributed by atoms with E-state index in [1.54, 1.807) is 11.8 Å². The van der Waals surface area contributed by atoms with E-state index < -0.39 is 0 Å². The van der Waals surface area contributed by atoms with Gasteiger partial charge in [0.15, 0.2) is 5.78 Å². The maximum atomic E-state index is 13.4. The summed E-state index contributed by atoms with van der Waals surface area (Å²) in [6.07, 6.45) is 11.2. The van der Waals surface area contributed by atoms with Crippen LogP contribution >= 0.6 is 0 Å². The highest BCUT2D eigenvalue weighted by molar-refractivity contribution is 6.05. The van der Waals surface area contributed by atoms with Gasteiger partial charge >= 0.3 is 0 Å². The minimum absolute atomic E-state index is 0.195. The lowest BCUT2D eigenvalue weighted by Crippen LogP contribution is -2.42. The van der Waals surface area contributed by atoms with Crippen LogP contribution in [-0.2, 0) is 18.3 Å². The number of Topliss-reactive ketones (excluding diaryl/α,β-unsaturated/α-hetero) is 1. The molecule has 5 rings (SSSR count).